The number of likely N-dealkylation sites (N-methyl/N-ethyl adjacent to an activating group) is 1. The second-order valence-corrected chi connectivity index (χ2v) is 4.72. The molecular weight excluding hydrogens is 264 g/mol. The van der Waals surface area contributed by atoms with Gasteiger partial charge < -0.3 is 14.2 Å². The summed E-state index contributed by atoms with van der Waals surface area (Å²) in [4.78, 5) is 14.3. The molecule has 1 aromatic heterocycles. The van der Waals surface area contributed by atoms with Crippen molar-refractivity contribution in [2.24, 2.45) is 7.05 Å². The SMILES string of the molecule is CCOC(=O)c1cc2c(n1C)CCN(CC)CC2.Cl. The fraction of sp³-hybridized carbons (Fsp3) is 0.643. The molecule has 0 saturated heterocycles. The smallest absolute Gasteiger partial charge is 0.354 e. The van der Waals surface area contributed by atoms with E-state index in [4.69, 9.17) is 4.74 Å². The largest absolute Gasteiger partial charge is 0.461 e. The third-order valence-corrected chi connectivity index (χ3v) is 3.74. The maximum atomic E-state index is 11.8. The molecule has 0 amide bonds. The number of carbonyl (C=O) groups is 1. The lowest BCUT2D eigenvalue weighted by molar-refractivity contribution is 0.0515. The zero-order valence-corrected chi connectivity index (χ0v) is 12.8. The number of hydrogen-bond acceptors (Lipinski definition) is 3. The molecule has 4 nitrogen and oxygen atoms in total. The van der Waals surface area contributed by atoms with Crippen LogP contribution in [0.5, 0.6) is 0 Å². The van der Waals surface area contributed by atoms with Crippen LogP contribution in [0.4, 0.5) is 0 Å². The lowest BCUT2D eigenvalue weighted by Gasteiger charge is -2.16. The Morgan fingerprint density at radius 1 is 1.32 bits per heavy atom. The molecule has 0 unspecified atom stereocenters. The number of nitrogens with zero attached hydrogens (tertiary/aromatic N) is 2. The van der Waals surface area contributed by atoms with Crippen molar-refractivity contribution in [1.82, 2.24) is 9.47 Å². The highest BCUT2D eigenvalue weighted by atomic mass is 35.5. The molecule has 1 aliphatic heterocycles. The van der Waals surface area contributed by atoms with E-state index in [9.17, 15) is 4.79 Å². The van der Waals surface area contributed by atoms with Crippen molar-refractivity contribution < 1.29 is 9.53 Å². The van der Waals surface area contributed by atoms with Crippen LogP contribution in [0.25, 0.3) is 0 Å². The molecule has 19 heavy (non-hydrogen) atoms. The van der Waals surface area contributed by atoms with Gasteiger partial charge in [0, 0.05) is 32.3 Å². The van der Waals surface area contributed by atoms with Crippen molar-refractivity contribution in [3.05, 3.63) is 23.0 Å². The maximum absolute atomic E-state index is 11.8. The number of carbonyl (C=O) groups excluding carboxylic acids is 1. The summed E-state index contributed by atoms with van der Waals surface area (Å²) >= 11 is 0. The van der Waals surface area contributed by atoms with Gasteiger partial charge >= 0.3 is 5.97 Å². The van der Waals surface area contributed by atoms with Crippen LogP contribution in [0.15, 0.2) is 6.07 Å². The Kier molecular flexibility index (Phi) is 5.88. The third-order valence-electron chi connectivity index (χ3n) is 3.74. The molecule has 0 N–H and O–H groups in total. The molecule has 2 rings (SSSR count). The molecule has 1 aromatic rings. The highest BCUT2D eigenvalue weighted by Crippen LogP contribution is 2.20. The van der Waals surface area contributed by atoms with Crippen molar-refractivity contribution >= 4 is 18.4 Å². The van der Waals surface area contributed by atoms with Crippen molar-refractivity contribution in [3.8, 4) is 0 Å². The summed E-state index contributed by atoms with van der Waals surface area (Å²) in [5, 5.41) is 0. The summed E-state index contributed by atoms with van der Waals surface area (Å²) in [7, 11) is 1.96. The van der Waals surface area contributed by atoms with Gasteiger partial charge in [-0.3, -0.25) is 0 Å². The molecule has 0 aromatic carbocycles. The van der Waals surface area contributed by atoms with Gasteiger partial charge in [0.2, 0.25) is 0 Å². The zero-order valence-electron chi connectivity index (χ0n) is 11.9. The lowest BCUT2D eigenvalue weighted by atomic mass is 10.1. The highest BCUT2D eigenvalue weighted by molar-refractivity contribution is 5.88. The number of hydrogen-bond donors (Lipinski definition) is 0. The van der Waals surface area contributed by atoms with Gasteiger partial charge in [0.25, 0.3) is 0 Å². The summed E-state index contributed by atoms with van der Waals surface area (Å²) in [6, 6.07) is 2.01. The predicted molar refractivity (Wildman–Crippen MR) is 78.1 cm³/mol. The summed E-state index contributed by atoms with van der Waals surface area (Å²) in [5.74, 6) is -0.208. The molecule has 0 fully saturated rings. The summed E-state index contributed by atoms with van der Waals surface area (Å²) in [6.07, 6.45) is 2.04. The molecule has 5 heteroatoms. The number of ether oxygens (including phenoxy) is 1. The molecule has 2 heterocycles. The number of esters is 1. The molecule has 0 spiro atoms. The van der Waals surface area contributed by atoms with E-state index in [-0.39, 0.29) is 18.4 Å². The van der Waals surface area contributed by atoms with E-state index >= 15 is 0 Å². The summed E-state index contributed by atoms with van der Waals surface area (Å²) < 4.78 is 7.10. The van der Waals surface area contributed by atoms with Crippen LogP contribution in [0.3, 0.4) is 0 Å². The van der Waals surface area contributed by atoms with E-state index in [1.807, 2.05) is 24.6 Å². The quantitative estimate of drug-likeness (QED) is 0.798. The van der Waals surface area contributed by atoms with Gasteiger partial charge in [0.05, 0.1) is 6.61 Å². The predicted octanol–water partition coefficient (Wildman–Crippen LogP) is 2.04. The normalized spacial score (nSPS) is 15.3. The van der Waals surface area contributed by atoms with E-state index in [2.05, 4.69) is 11.8 Å². The van der Waals surface area contributed by atoms with E-state index in [0.29, 0.717) is 12.3 Å². The van der Waals surface area contributed by atoms with Gasteiger partial charge in [0.15, 0.2) is 0 Å². The zero-order chi connectivity index (χ0) is 13.1. The van der Waals surface area contributed by atoms with Crippen LogP contribution in [0, 0.1) is 0 Å². The van der Waals surface area contributed by atoms with Crippen molar-refractivity contribution in [3.63, 3.8) is 0 Å². The Bertz CT molecular complexity index is 443. The lowest BCUT2D eigenvalue weighted by Crippen LogP contribution is -2.26. The van der Waals surface area contributed by atoms with Crippen LogP contribution in [0.2, 0.25) is 0 Å². The number of aromatic nitrogens is 1. The van der Waals surface area contributed by atoms with Gasteiger partial charge in [0.1, 0.15) is 5.69 Å². The topological polar surface area (TPSA) is 34.5 Å². The van der Waals surface area contributed by atoms with Crippen molar-refractivity contribution in [1.29, 1.82) is 0 Å². The Morgan fingerprint density at radius 2 is 2.00 bits per heavy atom. The van der Waals surface area contributed by atoms with Crippen LogP contribution in [-0.4, -0.2) is 41.7 Å². The van der Waals surface area contributed by atoms with Crippen molar-refractivity contribution in [2.45, 2.75) is 26.7 Å². The first kappa shape index (κ1) is 16.1. The third kappa shape index (κ3) is 3.31. The molecule has 0 atom stereocenters. The van der Waals surface area contributed by atoms with E-state index in [1.165, 1.54) is 11.3 Å². The first-order valence-corrected chi connectivity index (χ1v) is 6.74. The molecule has 1 aliphatic rings. The maximum Gasteiger partial charge on any atom is 0.354 e. The first-order valence-electron chi connectivity index (χ1n) is 6.74. The minimum Gasteiger partial charge on any atom is -0.461 e. The molecule has 0 radical (unpaired) electrons. The Balaban J connectivity index is 0.00000180. The fourth-order valence-corrected chi connectivity index (χ4v) is 2.62. The Morgan fingerprint density at radius 3 is 2.63 bits per heavy atom. The van der Waals surface area contributed by atoms with Crippen LogP contribution < -0.4 is 0 Å². The summed E-state index contributed by atoms with van der Waals surface area (Å²) in [6.45, 7) is 7.71. The minimum atomic E-state index is -0.208. The average Bonchev–Trinajstić information content (AvgIpc) is 2.56. The molecule has 0 saturated carbocycles. The standard InChI is InChI=1S/C14H22N2O2.ClH/c1-4-16-8-6-11-10-13(14(17)18-5-2)15(3)12(11)7-9-16;/h10H,4-9H2,1-3H3;1H. The van der Waals surface area contributed by atoms with Crippen LogP contribution in [0.1, 0.15) is 35.6 Å². The monoisotopic (exact) mass is 286 g/mol. The average molecular weight is 287 g/mol. The van der Waals surface area contributed by atoms with E-state index < -0.39 is 0 Å². The van der Waals surface area contributed by atoms with E-state index in [1.54, 1.807) is 0 Å². The Hall–Kier alpha value is -1.00. The molecule has 0 aliphatic carbocycles. The highest BCUT2D eigenvalue weighted by Gasteiger charge is 2.21. The molecule has 0 bridgehead atoms. The second kappa shape index (κ2) is 6.96. The van der Waals surface area contributed by atoms with Gasteiger partial charge in [-0.05, 0) is 31.5 Å². The number of fused-ring (bicyclic) bond motifs is 1. The number of rotatable bonds is 3. The van der Waals surface area contributed by atoms with Gasteiger partial charge in [-0.25, -0.2) is 4.79 Å². The van der Waals surface area contributed by atoms with Crippen LogP contribution >= 0.6 is 12.4 Å². The number of halogens is 1. The van der Waals surface area contributed by atoms with E-state index in [0.717, 1.165) is 32.5 Å². The van der Waals surface area contributed by atoms with Crippen LogP contribution in [-0.2, 0) is 24.6 Å². The summed E-state index contributed by atoms with van der Waals surface area (Å²) in [5.41, 5.74) is 3.28. The van der Waals surface area contributed by atoms with Crippen molar-refractivity contribution in [2.75, 3.05) is 26.2 Å². The fourth-order valence-electron chi connectivity index (χ4n) is 2.62. The second-order valence-electron chi connectivity index (χ2n) is 4.72. The molecular formula is C14H23ClN2O2. The minimum absolute atomic E-state index is 0. The first-order chi connectivity index (χ1) is 8.67. The van der Waals surface area contributed by atoms with Gasteiger partial charge in [-0.2, -0.15) is 0 Å². The van der Waals surface area contributed by atoms with Gasteiger partial charge in [-0.15, -0.1) is 12.4 Å². The Labute approximate surface area is 121 Å². The van der Waals surface area contributed by atoms with Gasteiger partial charge in [-0.1, -0.05) is 6.92 Å². The molecule has 108 valence electrons.